The minimum atomic E-state index is -2.87. The van der Waals surface area contributed by atoms with Gasteiger partial charge in [-0.3, -0.25) is 0 Å². The average molecular weight is 1620 g/mol. The number of nitrogens with zero attached hydrogens (tertiary/aromatic N) is 6. The Kier molecular flexibility index (Phi) is 17.2. The lowest BCUT2D eigenvalue weighted by Crippen LogP contribution is -2.74. The van der Waals surface area contributed by atoms with Crippen molar-refractivity contribution >= 4 is 177 Å². The van der Waals surface area contributed by atoms with Crippen LogP contribution in [0.2, 0.25) is 0 Å². The smallest absolute Gasteiger partial charge is 0.179 e. The van der Waals surface area contributed by atoms with Gasteiger partial charge in [-0.05, 0) is 190 Å². The zero-order valence-electron chi connectivity index (χ0n) is 69.0. The summed E-state index contributed by atoms with van der Waals surface area (Å²) in [5.41, 5.74) is 26.1. The molecule has 1 aliphatic heterocycles. The van der Waals surface area contributed by atoms with Crippen molar-refractivity contribution in [3.63, 3.8) is 0 Å². The minimum Gasteiger partial charge on any atom is -0.456 e. The Morgan fingerprint density at radius 2 is 0.448 bits per heavy atom. The van der Waals surface area contributed by atoms with Gasteiger partial charge in [0.25, 0.3) is 0 Å². The molecular weight excluding hydrogens is 1530 g/mol. The summed E-state index contributed by atoms with van der Waals surface area (Å²) in [4.78, 5) is 2.43. The minimum absolute atomic E-state index is 0.0584. The maximum atomic E-state index is 6.12. The van der Waals surface area contributed by atoms with Gasteiger partial charge < -0.3 is 32.2 Å². The van der Waals surface area contributed by atoms with Crippen LogP contribution < -0.4 is 25.6 Å². The summed E-state index contributed by atoms with van der Waals surface area (Å²) in [7, 11) is -2.87. The molecule has 0 saturated heterocycles. The highest BCUT2D eigenvalue weighted by Gasteiger charge is 2.43. The van der Waals surface area contributed by atoms with Crippen LogP contribution in [0.5, 0.6) is 0 Å². The molecule has 26 rings (SSSR count). The molecule has 7 nitrogen and oxygen atoms in total. The average Bonchev–Trinajstić information content (AvgIpc) is 1.64. The highest BCUT2D eigenvalue weighted by atomic mass is 28.3. The molecule has 0 fully saturated rings. The van der Waals surface area contributed by atoms with E-state index in [0.717, 1.165) is 27.6 Å². The summed E-state index contributed by atoms with van der Waals surface area (Å²) >= 11 is 0. The Bertz CT molecular complexity index is 8220. The van der Waals surface area contributed by atoms with E-state index < -0.39 is 8.07 Å². The van der Waals surface area contributed by atoms with Crippen molar-refractivity contribution in [1.82, 2.24) is 22.8 Å². The number of furan rings is 1. The summed E-state index contributed by atoms with van der Waals surface area (Å²) < 4.78 is 18.1. The van der Waals surface area contributed by atoms with Crippen LogP contribution in [-0.2, 0) is 5.41 Å². The second-order valence-corrected chi connectivity index (χ2v) is 37.2. The molecule has 0 radical (unpaired) electrons. The van der Waals surface area contributed by atoms with Gasteiger partial charge in [0.05, 0.1) is 66.5 Å². The van der Waals surface area contributed by atoms with Crippen LogP contribution >= 0.6 is 0 Å². The van der Waals surface area contributed by atoms with Crippen molar-refractivity contribution in [3.8, 4) is 28.4 Å². The SMILES string of the molecule is CC1(C)c2ccccc2N(c2ccc3c(c2)c2ccccc2n3-c2ccccc2)c2ccccc21.c1ccc(-n2c3ccccc3c3cc([Si](c4ccccc4)(c4ccccc4)c4ccc5c(c4)c4ccccc4n5-c4ccccc4)ccc32)cc1.c1ccc2c(c1)oc1ccc(-n3c4ccccc4c4cc(-n5c6ccccc6c6ccccc65)ccc43)cc12. The molecular formula is C117H82N6OSi. The zero-order valence-corrected chi connectivity index (χ0v) is 70.0. The van der Waals surface area contributed by atoms with E-state index in [2.05, 4.69) is 490 Å². The van der Waals surface area contributed by atoms with Crippen molar-refractivity contribution in [1.29, 1.82) is 0 Å². The molecule has 0 saturated carbocycles. The number of aromatic nitrogens is 5. The number of hydrogen-bond donors (Lipinski definition) is 0. The quantitative estimate of drug-likeness (QED) is 0.101. The van der Waals surface area contributed by atoms with Crippen LogP contribution in [0, 0.1) is 0 Å². The zero-order chi connectivity index (χ0) is 82.9. The summed E-state index contributed by atoms with van der Waals surface area (Å²) in [6, 6.07) is 168. The Morgan fingerprint density at radius 3 is 0.848 bits per heavy atom. The van der Waals surface area contributed by atoms with Crippen LogP contribution in [-0.4, -0.2) is 30.9 Å². The van der Waals surface area contributed by atoms with Gasteiger partial charge in [-0.1, -0.05) is 317 Å². The Labute approximate surface area is 723 Å². The van der Waals surface area contributed by atoms with E-state index in [1.54, 1.807) is 0 Å². The van der Waals surface area contributed by atoms with Crippen molar-refractivity contribution in [2.45, 2.75) is 19.3 Å². The molecule has 7 heterocycles. The lowest BCUT2D eigenvalue weighted by molar-refractivity contribution is 0.632. The normalized spacial score (nSPS) is 12.6. The van der Waals surface area contributed by atoms with Crippen LogP contribution in [0.25, 0.3) is 159 Å². The molecule has 6 aromatic heterocycles. The third-order valence-electron chi connectivity index (χ3n) is 26.3. The fourth-order valence-corrected chi connectivity index (χ4v) is 25.6. The summed E-state index contributed by atoms with van der Waals surface area (Å²) in [6.07, 6.45) is 0. The maximum Gasteiger partial charge on any atom is 0.179 e. The molecule has 0 N–H and O–H groups in total. The predicted octanol–water partition coefficient (Wildman–Crippen LogP) is 27.9. The van der Waals surface area contributed by atoms with Gasteiger partial charge in [0.15, 0.2) is 8.07 Å². The summed E-state index contributed by atoms with van der Waals surface area (Å²) in [5, 5.41) is 20.4. The van der Waals surface area contributed by atoms with E-state index in [9.17, 15) is 0 Å². The monoisotopic (exact) mass is 1610 g/mol. The van der Waals surface area contributed by atoms with Crippen molar-refractivity contribution in [2.24, 2.45) is 0 Å². The lowest BCUT2D eigenvalue weighted by Gasteiger charge is -2.42. The van der Waals surface area contributed by atoms with Crippen LogP contribution in [0.1, 0.15) is 25.0 Å². The molecule has 0 bridgehead atoms. The van der Waals surface area contributed by atoms with Crippen molar-refractivity contribution in [3.05, 3.63) is 472 Å². The Morgan fingerprint density at radius 1 is 0.184 bits per heavy atom. The molecule has 8 heteroatoms. The Balaban J connectivity index is 0.000000107. The van der Waals surface area contributed by atoms with Crippen LogP contribution in [0.3, 0.4) is 0 Å². The first-order chi connectivity index (χ1) is 61.8. The van der Waals surface area contributed by atoms with Crippen molar-refractivity contribution in [2.75, 3.05) is 4.90 Å². The fraction of sp³-hybridized carbons (Fsp3) is 0.0256. The molecule has 0 amide bonds. The van der Waals surface area contributed by atoms with Crippen molar-refractivity contribution < 1.29 is 4.42 Å². The second-order valence-electron chi connectivity index (χ2n) is 33.4. The fourth-order valence-electron chi connectivity index (χ4n) is 20.8. The molecule has 19 aromatic carbocycles. The number of fused-ring (bicyclic) bond motifs is 20. The highest BCUT2D eigenvalue weighted by molar-refractivity contribution is 7.20. The number of anilines is 3. The molecule has 0 aliphatic carbocycles. The van der Waals surface area contributed by atoms with E-state index in [1.807, 2.05) is 12.1 Å². The number of hydrogen-bond acceptors (Lipinski definition) is 2. The van der Waals surface area contributed by atoms with Gasteiger partial charge in [0, 0.05) is 104 Å². The van der Waals surface area contributed by atoms with Gasteiger partial charge in [-0.2, -0.15) is 0 Å². The number of rotatable bonds is 10. The standard InChI is InChI=1S/C48H34N2Si.C36H22N2O.C33H26N2/c1-5-17-35(18-6-1)49-45-27-15-13-25-41(45)43-33-39(29-31-47(43)49)51(37-21-9-3-10-22-37,38-23-11-4-12-24-38)40-30-32-48-44(34-40)42-26-14-16-28-46(42)50(48)36-19-7-2-8-20-36;1-5-13-31-25(9-1)26-10-2-6-14-32(26)37(31)23-17-19-34-29(21-23)27-11-3-7-15-33(27)38(34)24-18-20-36-30(22-24)28-12-4-8-16-35(28)39-36;1-33(2)27-15-7-10-18-31(27)35(32-19-11-8-16-28(32)33)24-20-21-30-26(22-24)25-14-6-9-17-29(25)34(30)23-12-4-3-5-13-23/h1-34H;1-22H;3-22H,1-2H3. The molecule has 590 valence electrons. The summed E-state index contributed by atoms with van der Waals surface area (Å²) in [5.74, 6) is 0. The van der Waals surface area contributed by atoms with Gasteiger partial charge >= 0.3 is 0 Å². The molecule has 0 spiro atoms. The first-order valence-corrected chi connectivity index (χ1v) is 45.1. The van der Waals surface area contributed by atoms with Gasteiger partial charge in [-0.25, -0.2) is 0 Å². The first kappa shape index (κ1) is 73.0. The topological polar surface area (TPSA) is 41.0 Å². The number of benzene rings is 19. The van der Waals surface area contributed by atoms with Gasteiger partial charge in [0.1, 0.15) is 11.2 Å². The van der Waals surface area contributed by atoms with E-state index in [1.165, 1.54) is 181 Å². The van der Waals surface area contributed by atoms with E-state index in [-0.39, 0.29) is 5.41 Å². The summed E-state index contributed by atoms with van der Waals surface area (Å²) in [6.45, 7) is 4.66. The third kappa shape index (κ3) is 11.6. The van der Waals surface area contributed by atoms with Gasteiger partial charge in [-0.15, -0.1) is 0 Å². The van der Waals surface area contributed by atoms with E-state index in [0.29, 0.717) is 0 Å². The van der Waals surface area contributed by atoms with Crippen LogP contribution in [0.4, 0.5) is 17.1 Å². The Hall–Kier alpha value is -16.0. The van der Waals surface area contributed by atoms with Crippen LogP contribution in [0.15, 0.2) is 465 Å². The first-order valence-electron chi connectivity index (χ1n) is 43.1. The highest BCUT2D eigenvalue weighted by Crippen LogP contribution is 2.53. The van der Waals surface area contributed by atoms with E-state index >= 15 is 0 Å². The molecule has 0 atom stereocenters. The molecule has 125 heavy (non-hydrogen) atoms. The third-order valence-corrected chi connectivity index (χ3v) is 31.1. The predicted molar refractivity (Wildman–Crippen MR) is 529 cm³/mol. The maximum absolute atomic E-state index is 6.12. The molecule has 1 aliphatic rings. The number of para-hydroxylation sites is 12. The lowest BCUT2D eigenvalue weighted by atomic mass is 9.73. The molecule has 25 aromatic rings. The van der Waals surface area contributed by atoms with E-state index in [4.69, 9.17) is 4.42 Å². The largest absolute Gasteiger partial charge is 0.456 e. The molecule has 0 unspecified atom stereocenters. The van der Waals surface area contributed by atoms with Gasteiger partial charge in [0.2, 0.25) is 0 Å². The second kappa shape index (κ2) is 29.4.